The first-order chi connectivity index (χ1) is 15.4. The van der Waals surface area contributed by atoms with Crippen molar-refractivity contribution in [3.05, 3.63) is 41.1 Å². The van der Waals surface area contributed by atoms with Crippen LogP contribution in [0.4, 0.5) is 8.78 Å². The van der Waals surface area contributed by atoms with E-state index in [-0.39, 0.29) is 30.8 Å². The third-order valence-electron chi connectivity index (χ3n) is 7.57. The van der Waals surface area contributed by atoms with Crippen molar-refractivity contribution in [2.24, 2.45) is 0 Å². The maximum absolute atomic E-state index is 13.7. The van der Waals surface area contributed by atoms with E-state index in [0.29, 0.717) is 25.2 Å². The van der Waals surface area contributed by atoms with E-state index in [1.54, 1.807) is 6.20 Å². The molecule has 1 N–H and O–H groups in total. The smallest absolute Gasteiger partial charge is 0.255 e. The lowest BCUT2D eigenvalue weighted by Crippen LogP contribution is -2.47. The predicted molar refractivity (Wildman–Crippen MR) is 119 cm³/mol. The summed E-state index contributed by atoms with van der Waals surface area (Å²) in [6.45, 7) is 3.29. The fourth-order valence-corrected chi connectivity index (χ4v) is 5.88. The first kappa shape index (κ1) is 21.7. The van der Waals surface area contributed by atoms with Gasteiger partial charge in [0, 0.05) is 55.2 Å². The largest absolute Gasteiger partial charge is 0.391 e. The zero-order valence-electron chi connectivity index (χ0n) is 18.6. The number of amides is 1. The van der Waals surface area contributed by atoms with E-state index in [9.17, 15) is 18.7 Å². The van der Waals surface area contributed by atoms with Gasteiger partial charge >= 0.3 is 0 Å². The zero-order valence-corrected chi connectivity index (χ0v) is 18.6. The van der Waals surface area contributed by atoms with Crippen molar-refractivity contribution in [2.45, 2.75) is 82.5 Å². The lowest BCUT2D eigenvalue weighted by Gasteiger charge is -2.38. The quantitative estimate of drug-likeness (QED) is 0.746. The van der Waals surface area contributed by atoms with Gasteiger partial charge in [-0.05, 0) is 37.0 Å². The summed E-state index contributed by atoms with van der Waals surface area (Å²) in [4.78, 5) is 22.3. The third kappa shape index (κ3) is 3.69. The Hall–Kier alpha value is -2.12. The van der Waals surface area contributed by atoms with E-state index in [2.05, 4.69) is 11.9 Å². The van der Waals surface area contributed by atoms with Crippen molar-refractivity contribution < 1.29 is 18.7 Å². The molecule has 3 heterocycles. The maximum atomic E-state index is 13.7. The van der Waals surface area contributed by atoms with Gasteiger partial charge in [-0.25, -0.2) is 8.78 Å². The minimum absolute atomic E-state index is 0.0308. The number of halogens is 2. The molecule has 2 aromatic rings. The molecule has 5 rings (SSSR count). The van der Waals surface area contributed by atoms with Crippen LogP contribution in [0.3, 0.4) is 0 Å². The van der Waals surface area contributed by atoms with Crippen LogP contribution < -0.4 is 0 Å². The van der Waals surface area contributed by atoms with Crippen molar-refractivity contribution in [3.8, 4) is 0 Å². The molecular weight excluding hydrogens is 412 g/mol. The van der Waals surface area contributed by atoms with Crippen molar-refractivity contribution in [3.63, 3.8) is 0 Å². The number of alkyl halides is 2. The van der Waals surface area contributed by atoms with E-state index < -0.39 is 12.0 Å². The number of carbonyl (C=O) groups is 1. The van der Waals surface area contributed by atoms with Crippen LogP contribution in [0.15, 0.2) is 24.4 Å². The summed E-state index contributed by atoms with van der Waals surface area (Å²) >= 11 is 0. The highest BCUT2D eigenvalue weighted by atomic mass is 19.3. The van der Waals surface area contributed by atoms with Crippen LogP contribution >= 0.6 is 0 Å². The van der Waals surface area contributed by atoms with E-state index in [0.717, 1.165) is 54.1 Å². The lowest BCUT2D eigenvalue weighted by atomic mass is 9.90. The second kappa shape index (κ2) is 8.34. The molecule has 1 saturated heterocycles. The number of hydrogen-bond acceptors (Lipinski definition) is 4. The second-order valence-corrected chi connectivity index (χ2v) is 9.58. The summed E-state index contributed by atoms with van der Waals surface area (Å²) < 4.78 is 27.3. The molecule has 3 aliphatic rings. The number of benzene rings is 1. The monoisotopic (exact) mass is 443 g/mol. The van der Waals surface area contributed by atoms with Crippen LogP contribution in [-0.4, -0.2) is 57.0 Å². The summed E-state index contributed by atoms with van der Waals surface area (Å²) in [5, 5.41) is 11.7. The van der Waals surface area contributed by atoms with Crippen LogP contribution in [-0.2, 0) is 6.54 Å². The highest BCUT2D eigenvalue weighted by molar-refractivity contribution is 6.05. The minimum atomic E-state index is -2.58. The Kier molecular flexibility index (Phi) is 5.66. The average molecular weight is 444 g/mol. The topological polar surface area (TPSA) is 56.7 Å². The standard InChI is InChI=1S/C25H31F2N3O2/c1-2-19-22-18(24(32)30(19)20-7-3-4-8-21(20)31)14-16(17-6-5-11-28-23(17)22)15-29-12-9-25(26,27)10-13-29/h5-6,11,14,19-21,31H,2-4,7-10,12-13,15H2,1H3/t19?,20-,21+/m1/s1. The summed E-state index contributed by atoms with van der Waals surface area (Å²) in [5.41, 5.74) is 3.42. The summed E-state index contributed by atoms with van der Waals surface area (Å²) in [5.74, 6) is -2.61. The van der Waals surface area contributed by atoms with Crippen LogP contribution in [0, 0.1) is 0 Å². The lowest BCUT2D eigenvalue weighted by molar-refractivity contribution is -0.0565. The van der Waals surface area contributed by atoms with Crippen molar-refractivity contribution in [2.75, 3.05) is 13.1 Å². The van der Waals surface area contributed by atoms with Gasteiger partial charge in [0.2, 0.25) is 0 Å². The van der Waals surface area contributed by atoms with Gasteiger partial charge in [-0.3, -0.25) is 14.7 Å². The van der Waals surface area contributed by atoms with Gasteiger partial charge in [0.1, 0.15) is 0 Å². The molecule has 1 saturated carbocycles. The molecule has 7 heteroatoms. The summed E-state index contributed by atoms with van der Waals surface area (Å²) in [6, 6.07) is 5.61. The van der Waals surface area contributed by atoms with E-state index in [4.69, 9.17) is 0 Å². The Bertz CT molecular complexity index is 1020. The SMILES string of the molecule is CCC1c2c(cc(CN3CCC(F)(F)CC3)c3cccnc23)C(=O)N1[C@@H]1CCCC[C@@H]1O. The molecular formula is C25H31F2N3O2. The van der Waals surface area contributed by atoms with Gasteiger partial charge in [0.15, 0.2) is 0 Å². The fourth-order valence-electron chi connectivity index (χ4n) is 5.88. The summed E-state index contributed by atoms with van der Waals surface area (Å²) in [7, 11) is 0. The maximum Gasteiger partial charge on any atom is 0.255 e. The van der Waals surface area contributed by atoms with Crippen molar-refractivity contribution >= 4 is 16.8 Å². The highest BCUT2D eigenvalue weighted by Gasteiger charge is 2.44. The van der Waals surface area contributed by atoms with E-state index in [1.807, 2.05) is 28.0 Å². The Balaban J connectivity index is 1.54. The number of hydrogen-bond donors (Lipinski definition) is 1. The molecule has 0 radical (unpaired) electrons. The van der Waals surface area contributed by atoms with Gasteiger partial charge < -0.3 is 10.0 Å². The summed E-state index contributed by atoms with van der Waals surface area (Å²) in [6.07, 6.45) is 5.32. The Morgan fingerprint density at radius 1 is 1.22 bits per heavy atom. The van der Waals surface area contributed by atoms with Crippen LogP contribution in [0.1, 0.15) is 79.4 Å². The molecule has 0 bridgehead atoms. The highest BCUT2D eigenvalue weighted by Crippen LogP contribution is 2.44. The molecule has 2 aliphatic heterocycles. The Labute approximate surface area is 187 Å². The number of aromatic nitrogens is 1. The van der Waals surface area contributed by atoms with Gasteiger partial charge in [-0.1, -0.05) is 25.8 Å². The number of fused-ring (bicyclic) bond motifs is 3. The number of rotatable bonds is 4. The number of likely N-dealkylation sites (tertiary alicyclic amines) is 1. The Morgan fingerprint density at radius 3 is 2.69 bits per heavy atom. The predicted octanol–water partition coefficient (Wildman–Crippen LogP) is 4.68. The molecule has 1 aromatic carbocycles. The molecule has 172 valence electrons. The van der Waals surface area contributed by atoms with Gasteiger partial charge in [0.25, 0.3) is 11.8 Å². The fraction of sp³-hybridized carbons (Fsp3) is 0.600. The number of aliphatic hydroxyl groups excluding tert-OH is 1. The van der Waals surface area contributed by atoms with Crippen LogP contribution in [0.25, 0.3) is 10.9 Å². The number of carbonyl (C=O) groups excluding carboxylic acids is 1. The van der Waals surface area contributed by atoms with Gasteiger partial charge in [-0.15, -0.1) is 0 Å². The van der Waals surface area contributed by atoms with Crippen molar-refractivity contribution in [1.82, 2.24) is 14.8 Å². The van der Waals surface area contributed by atoms with Crippen LogP contribution in [0.2, 0.25) is 0 Å². The normalized spacial score (nSPS) is 28.3. The molecule has 0 spiro atoms. The van der Waals surface area contributed by atoms with E-state index in [1.165, 1.54) is 0 Å². The van der Waals surface area contributed by atoms with Gasteiger partial charge in [-0.2, -0.15) is 0 Å². The number of piperidine rings is 1. The molecule has 1 unspecified atom stereocenters. The second-order valence-electron chi connectivity index (χ2n) is 9.58. The van der Waals surface area contributed by atoms with E-state index >= 15 is 0 Å². The number of pyridine rings is 1. The number of aliphatic hydroxyl groups is 1. The molecule has 1 aliphatic carbocycles. The third-order valence-corrected chi connectivity index (χ3v) is 7.57. The number of nitrogens with zero attached hydrogens (tertiary/aromatic N) is 3. The van der Waals surface area contributed by atoms with Gasteiger partial charge in [0.05, 0.1) is 23.7 Å². The first-order valence-corrected chi connectivity index (χ1v) is 11.9. The first-order valence-electron chi connectivity index (χ1n) is 11.9. The van der Waals surface area contributed by atoms with Crippen molar-refractivity contribution in [1.29, 1.82) is 0 Å². The molecule has 1 aromatic heterocycles. The minimum Gasteiger partial charge on any atom is -0.391 e. The zero-order chi connectivity index (χ0) is 22.5. The van der Waals surface area contributed by atoms with Crippen LogP contribution in [0.5, 0.6) is 0 Å². The molecule has 1 amide bonds. The molecule has 32 heavy (non-hydrogen) atoms. The molecule has 2 fully saturated rings. The molecule has 5 nitrogen and oxygen atoms in total. The Morgan fingerprint density at radius 2 is 1.97 bits per heavy atom. The molecule has 3 atom stereocenters. The average Bonchev–Trinajstić information content (AvgIpc) is 3.07.